The monoisotopic (exact) mass is 523 g/mol. The highest BCUT2D eigenvalue weighted by Gasteiger charge is 2.38. The van der Waals surface area contributed by atoms with Crippen molar-refractivity contribution in [3.05, 3.63) is 89.0 Å². The second kappa shape index (κ2) is 11.4. The Morgan fingerprint density at radius 3 is 2.49 bits per heavy atom. The van der Waals surface area contributed by atoms with Crippen molar-refractivity contribution in [3.8, 4) is 11.5 Å². The Labute approximate surface area is 218 Å². The molecule has 4 rings (SSSR count). The lowest BCUT2D eigenvalue weighted by Crippen LogP contribution is -2.32. The fourth-order valence-corrected chi connectivity index (χ4v) is 6.11. The molecular formula is C29H33NO6S. The molecule has 37 heavy (non-hydrogen) atoms. The number of hydrogen-bond donors (Lipinski definition) is 0. The number of carbonyl (C=O) groups excluding carboxylic acids is 1. The molecule has 1 aliphatic heterocycles. The van der Waals surface area contributed by atoms with Crippen molar-refractivity contribution in [2.45, 2.75) is 43.6 Å². The maximum atomic E-state index is 13.3. The summed E-state index contributed by atoms with van der Waals surface area (Å²) in [5.41, 5.74) is 3.23. The van der Waals surface area contributed by atoms with Crippen LogP contribution >= 0.6 is 0 Å². The minimum Gasteiger partial charge on any atom is -0.495 e. The molecule has 0 N–H and O–H groups in total. The molecule has 196 valence electrons. The average Bonchev–Trinajstić information content (AvgIpc) is 3.27. The van der Waals surface area contributed by atoms with E-state index in [1.165, 1.54) is 7.11 Å². The first kappa shape index (κ1) is 26.7. The summed E-state index contributed by atoms with van der Waals surface area (Å²) >= 11 is 0. The van der Waals surface area contributed by atoms with Gasteiger partial charge in [0.1, 0.15) is 28.6 Å². The molecule has 0 saturated carbocycles. The summed E-state index contributed by atoms with van der Waals surface area (Å²) in [6.45, 7) is 7.10. The van der Waals surface area contributed by atoms with Crippen LogP contribution in [0.25, 0.3) is 0 Å². The van der Waals surface area contributed by atoms with Crippen molar-refractivity contribution >= 4 is 15.7 Å². The number of rotatable bonds is 9. The highest BCUT2D eigenvalue weighted by atomic mass is 32.2. The molecule has 8 heteroatoms. The molecule has 1 saturated heterocycles. The van der Waals surface area contributed by atoms with Gasteiger partial charge in [-0.3, -0.25) is 4.79 Å². The van der Waals surface area contributed by atoms with E-state index < -0.39 is 9.84 Å². The highest BCUT2D eigenvalue weighted by molar-refractivity contribution is 7.90. The Morgan fingerprint density at radius 2 is 1.73 bits per heavy atom. The summed E-state index contributed by atoms with van der Waals surface area (Å²) in [6, 6.07) is 19.5. The Morgan fingerprint density at radius 1 is 0.973 bits per heavy atom. The molecule has 1 heterocycles. The van der Waals surface area contributed by atoms with Crippen molar-refractivity contribution in [2.24, 2.45) is 0 Å². The third-order valence-corrected chi connectivity index (χ3v) is 8.17. The maximum absolute atomic E-state index is 13.3. The van der Waals surface area contributed by atoms with Crippen LogP contribution in [0.2, 0.25) is 0 Å². The van der Waals surface area contributed by atoms with Crippen LogP contribution in [0.5, 0.6) is 11.5 Å². The first-order valence-corrected chi connectivity index (χ1v) is 14.0. The summed E-state index contributed by atoms with van der Waals surface area (Å²) in [5, 5.41) is 0. The summed E-state index contributed by atoms with van der Waals surface area (Å²) in [6.07, 6.45) is -0.671. The van der Waals surface area contributed by atoms with Crippen LogP contribution < -0.4 is 9.47 Å². The number of nitrogens with zero attached hydrogens (tertiary/aromatic N) is 1. The quantitative estimate of drug-likeness (QED) is 0.408. The molecule has 0 radical (unpaired) electrons. The summed E-state index contributed by atoms with van der Waals surface area (Å²) in [5.74, 6) is 0.604. The number of carbonyl (C=O) groups is 1. The van der Waals surface area contributed by atoms with Crippen molar-refractivity contribution in [1.82, 2.24) is 4.90 Å². The molecule has 3 aromatic carbocycles. The van der Waals surface area contributed by atoms with E-state index in [1.807, 2.05) is 39.0 Å². The number of ether oxygens (including phenoxy) is 3. The van der Waals surface area contributed by atoms with Crippen LogP contribution in [0.4, 0.5) is 0 Å². The van der Waals surface area contributed by atoms with Crippen LogP contribution in [0.3, 0.4) is 0 Å². The number of likely N-dealkylation sites (tertiary alicyclic amines) is 1. The Kier molecular flexibility index (Phi) is 8.19. The zero-order chi connectivity index (χ0) is 26.6. The number of sulfone groups is 1. The zero-order valence-corrected chi connectivity index (χ0v) is 22.5. The Hall–Kier alpha value is -3.36. The lowest BCUT2D eigenvalue weighted by atomic mass is 10.0. The molecule has 2 atom stereocenters. The van der Waals surface area contributed by atoms with Gasteiger partial charge in [-0.05, 0) is 62.2 Å². The molecule has 0 aromatic heterocycles. The lowest BCUT2D eigenvalue weighted by Gasteiger charge is -2.20. The predicted octanol–water partition coefficient (Wildman–Crippen LogP) is 4.59. The molecule has 0 spiro atoms. The second-order valence-corrected chi connectivity index (χ2v) is 11.2. The van der Waals surface area contributed by atoms with Gasteiger partial charge in [-0.25, -0.2) is 8.42 Å². The van der Waals surface area contributed by atoms with Crippen LogP contribution in [0, 0.1) is 13.8 Å². The number of methoxy groups -OCH3 is 1. The van der Waals surface area contributed by atoms with Crippen LogP contribution in [-0.4, -0.2) is 58.2 Å². The van der Waals surface area contributed by atoms with E-state index in [9.17, 15) is 13.2 Å². The van der Waals surface area contributed by atoms with E-state index in [-0.39, 0.29) is 28.8 Å². The standard InChI is InChI=1S/C29H33NO6S/c1-5-35-26-17-30(29(31)24-15-20(2)13-14-21(24)3)18-27(26)36-23-10-8-9-22(16-23)19-37(32,33)28-12-7-6-11-25(28)34-4/h6-16,26-27H,5,17-19H2,1-4H3. The van der Waals surface area contributed by atoms with Gasteiger partial charge in [-0.15, -0.1) is 0 Å². The lowest BCUT2D eigenvalue weighted by molar-refractivity contribution is 0.00816. The van der Waals surface area contributed by atoms with E-state index in [0.717, 1.165) is 11.1 Å². The van der Waals surface area contributed by atoms with Crippen LogP contribution in [0.1, 0.15) is 34.0 Å². The van der Waals surface area contributed by atoms with E-state index >= 15 is 0 Å². The molecule has 2 unspecified atom stereocenters. The fourth-order valence-electron chi connectivity index (χ4n) is 4.59. The largest absolute Gasteiger partial charge is 0.495 e. The molecular weight excluding hydrogens is 490 g/mol. The molecule has 3 aromatic rings. The molecule has 0 aliphatic carbocycles. The van der Waals surface area contributed by atoms with Crippen LogP contribution in [-0.2, 0) is 20.3 Å². The van der Waals surface area contributed by atoms with Gasteiger partial charge in [-0.2, -0.15) is 0 Å². The first-order chi connectivity index (χ1) is 17.7. The van der Waals surface area contributed by atoms with E-state index in [1.54, 1.807) is 53.4 Å². The van der Waals surface area contributed by atoms with Gasteiger partial charge in [0.05, 0.1) is 26.0 Å². The third kappa shape index (κ3) is 6.14. The first-order valence-electron chi connectivity index (χ1n) is 12.3. The van der Waals surface area contributed by atoms with E-state index in [0.29, 0.717) is 42.3 Å². The Bertz CT molecular complexity index is 1370. The molecule has 0 bridgehead atoms. The molecule has 1 amide bonds. The summed E-state index contributed by atoms with van der Waals surface area (Å²) in [7, 11) is -2.18. The number of hydrogen-bond acceptors (Lipinski definition) is 6. The van der Waals surface area contributed by atoms with Gasteiger partial charge < -0.3 is 19.1 Å². The summed E-state index contributed by atoms with van der Waals surface area (Å²) in [4.78, 5) is 15.2. The van der Waals surface area contributed by atoms with Crippen LogP contribution in [0.15, 0.2) is 71.6 Å². The van der Waals surface area contributed by atoms with Gasteiger partial charge in [0.25, 0.3) is 5.91 Å². The van der Waals surface area contributed by atoms with Gasteiger partial charge in [0.15, 0.2) is 9.84 Å². The van der Waals surface area contributed by atoms with Gasteiger partial charge >= 0.3 is 0 Å². The zero-order valence-electron chi connectivity index (χ0n) is 21.6. The second-order valence-electron chi connectivity index (χ2n) is 9.24. The molecule has 1 fully saturated rings. The average molecular weight is 524 g/mol. The van der Waals surface area contributed by atoms with Crippen molar-refractivity contribution in [2.75, 3.05) is 26.8 Å². The molecule has 7 nitrogen and oxygen atoms in total. The maximum Gasteiger partial charge on any atom is 0.254 e. The van der Waals surface area contributed by atoms with Crippen molar-refractivity contribution < 1.29 is 27.4 Å². The number of amides is 1. The van der Waals surface area contributed by atoms with E-state index in [4.69, 9.17) is 14.2 Å². The predicted molar refractivity (Wildman–Crippen MR) is 142 cm³/mol. The minimum absolute atomic E-state index is 0.0475. The van der Waals surface area contributed by atoms with Crippen molar-refractivity contribution in [1.29, 1.82) is 0 Å². The normalized spacial score (nSPS) is 17.6. The number of aryl methyl sites for hydroxylation is 2. The van der Waals surface area contributed by atoms with Crippen molar-refractivity contribution in [3.63, 3.8) is 0 Å². The van der Waals surface area contributed by atoms with E-state index in [2.05, 4.69) is 0 Å². The van der Waals surface area contributed by atoms with Gasteiger partial charge in [-0.1, -0.05) is 42.0 Å². The fraction of sp³-hybridized carbons (Fsp3) is 0.345. The smallest absolute Gasteiger partial charge is 0.254 e. The van der Waals surface area contributed by atoms with Gasteiger partial charge in [0, 0.05) is 12.2 Å². The number of para-hydroxylation sites is 1. The minimum atomic E-state index is -3.64. The summed E-state index contributed by atoms with van der Waals surface area (Å²) < 4.78 is 43.6. The SMILES string of the molecule is CCOC1CN(C(=O)c2cc(C)ccc2C)CC1Oc1cccc(CS(=O)(=O)c2ccccc2OC)c1. The topological polar surface area (TPSA) is 82.1 Å². The van der Waals surface area contributed by atoms with Gasteiger partial charge in [0.2, 0.25) is 0 Å². The molecule has 1 aliphatic rings. The Balaban J connectivity index is 1.51. The highest BCUT2D eigenvalue weighted by Crippen LogP contribution is 2.28. The number of benzene rings is 3. The third-order valence-electron chi connectivity index (χ3n) is 6.45.